The zero-order valence-electron chi connectivity index (χ0n) is 14.4. The molecule has 132 valence electrons. The fourth-order valence-electron chi connectivity index (χ4n) is 2.70. The molecule has 5 heteroatoms. The van der Waals surface area contributed by atoms with Gasteiger partial charge in [0.1, 0.15) is 0 Å². The Morgan fingerprint density at radius 3 is 2.58 bits per heavy atom. The number of esters is 1. The van der Waals surface area contributed by atoms with Gasteiger partial charge in [0, 0.05) is 18.1 Å². The zero-order chi connectivity index (χ0) is 18.2. The SMILES string of the molecule is O=C(COC(=O)c1nccc2ccccc12)NCCCc1ccccc1. The summed E-state index contributed by atoms with van der Waals surface area (Å²) in [7, 11) is 0. The summed E-state index contributed by atoms with van der Waals surface area (Å²) in [5, 5.41) is 4.37. The Hall–Kier alpha value is -3.21. The fraction of sp³-hybridized carbons (Fsp3) is 0.190. The molecule has 0 saturated heterocycles. The van der Waals surface area contributed by atoms with Crippen LogP contribution >= 0.6 is 0 Å². The number of hydrogen-bond acceptors (Lipinski definition) is 4. The highest BCUT2D eigenvalue weighted by molar-refractivity contribution is 6.02. The first-order chi connectivity index (χ1) is 12.7. The van der Waals surface area contributed by atoms with E-state index < -0.39 is 5.97 Å². The number of ether oxygens (including phenoxy) is 1. The van der Waals surface area contributed by atoms with Crippen molar-refractivity contribution in [1.29, 1.82) is 0 Å². The van der Waals surface area contributed by atoms with Crippen molar-refractivity contribution in [3.05, 3.63) is 78.1 Å². The number of benzene rings is 2. The van der Waals surface area contributed by atoms with Gasteiger partial charge < -0.3 is 10.1 Å². The van der Waals surface area contributed by atoms with Crippen molar-refractivity contribution >= 4 is 22.6 Å². The van der Waals surface area contributed by atoms with Crippen LogP contribution in [0.4, 0.5) is 0 Å². The number of aryl methyl sites for hydroxylation is 1. The largest absolute Gasteiger partial charge is 0.451 e. The number of nitrogens with one attached hydrogen (secondary N) is 1. The minimum Gasteiger partial charge on any atom is -0.451 e. The number of carbonyl (C=O) groups excluding carboxylic acids is 2. The molecule has 1 N–H and O–H groups in total. The Labute approximate surface area is 152 Å². The number of amides is 1. The summed E-state index contributed by atoms with van der Waals surface area (Å²) in [6.07, 6.45) is 3.28. The molecule has 0 aliphatic carbocycles. The second-order valence-corrected chi connectivity index (χ2v) is 5.90. The second-order valence-electron chi connectivity index (χ2n) is 5.90. The van der Waals surface area contributed by atoms with Gasteiger partial charge in [0.25, 0.3) is 5.91 Å². The monoisotopic (exact) mass is 348 g/mol. The molecular formula is C21H20N2O3. The van der Waals surface area contributed by atoms with E-state index in [0.717, 1.165) is 18.2 Å². The van der Waals surface area contributed by atoms with Crippen molar-refractivity contribution in [2.45, 2.75) is 12.8 Å². The number of hydrogen-bond donors (Lipinski definition) is 1. The highest BCUT2D eigenvalue weighted by Crippen LogP contribution is 2.16. The highest BCUT2D eigenvalue weighted by atomic mass is 16.5. The van der Waals surface area contributed by atoms with E-state index in [0.29, 0.717) is 11.9 Å². The van der Waals surface area contributed by atoms with Crippen LogP contribution in [0.2, 0.25) is 0 Å². The smallest absolute Gasteiger partial charge is 0.358 e. The summed E-state index contributed by atoms with van der Waals surface area (Å²) in [4.78, 5) is 28.1. The van der Waals surface area contributed by atoms with E-state index >= 15 is 0 Å². The lowest BCUT2D eigenvalue weighted by Crippen LogP contribution is -2.30. The van der Waals surface area contributed by atoms with Crippen molar-refractivity contribution in [2.75, 3.05) is 13.2 Å². The normalized spacial score (nSPS) is 10.5. The maximum absolute atomic E-state index is 12.2. The molecule has 0 aliphatic rings. The lowest BCUT2D eigenvalue weighted by Gasteiger charge is -2.08. The van der Waals surface area contributed by atoms with E-state index in [-0.39, 0.29) is 18.2 Å². The minimum atomic E-state index is -0.596. The van der Waals surface area contributed by atoms with Gasteiger partial charge in [-0.1, -0.05) is 54.6 Å². The molecule has 3 aromatic rings. The summed E-state index contributed by atoms with van der Waals surface area (Å²) in [5.41, 5.74) is 1.45. The summed E-state index contributed by atoms with van der Waals surface area (Å²) in [5.74, 6) is -0.909. The molecule has 0 aliphatic heterocycles. The molecule has 5 nitrogen and oxygen atoms in total. The number of pyridine rings is 1. The van der Waals surface area contributed by atoms with Crippen LogP contribution in [-0.4, -0.2) is 30.0 Å². The van der Waals surface area contributed by atoms with Crippen LogP contribution in [0.25, 0.3) is 10.8 Å². The maximum atomic E-state index is 12.2. The highest BCUT2D eigenvalue weighted by Gasteiger charge is 2.14. The summed E-state index contributed by atoms with van der Waals surface area (Å²) in [6.45, 7) is 0.229. The Morgan fingerprint density at radius 1 is 0.962 bits per heavy atom. The van der Waals surface area contributed by atoms with Gasteiger partial charge in [-0.05, 0) is 29.9 Å². The molecule has 0 fully saturated rings. The van der Waals surface area contributed by atoms with E-state index in [4.69, 9.17) is 4.74 Å². The second kappa shape index (κ2) is 8.76. The lowest BCUT2D eigenvalue weighted by atomic mass is 10.1. The van der Waals surface area contributed by atoms with Crippen LogP contribution in [0, 0.1) is 0 Å². The van der Waals surface area contributed by atoms with Crippen LogP contribution < -0.4 is 5.32 Å². The van der Waals surface area contributed by atoms with Gasteiger partial charge in [-0.25, -0.2) is 9.78 Å². The topological polar surface area (TPSA) is 68.3 Å². The average molecular weight is 348 g/mol. The molecule has 0 saturated carbocycles. The minimum absolute atomic E-state index is 0.222. The van der Waals surface area contributed by atoms with Crippen LogP contribution in [0.15, 0.2) is 66.9 Å². The first-order valence-electron chi connectivity index (χ1n) is 8.55. The molecule has 3 rings (SSSR count). The van der Waals surface area contributed by atoms with Gasteiger partial charge >= 0.3 is 5.97 Å². The van der Waals surface area contributed by atoms with Crippen LogP contribution in [-0.2, 0) is 16.0 Å². The van der Waals surface area contributed by atoms with Gasteiger partial charge in [0.2, 0.25) is 0 Å². The third-order valence-electron chi connectivity index (χ3n) is 4.01. The summed E-state index contributed by atoms with van der Waals surface area (Å²) < 4.78 is 5.10. The van der Waals surface area contributed by atoms with Gasteiger partial charge in [-0.3, -0.25) is 4.79 Å². The Morgan fingerprint density at radius 2 is 1.73 bits per heavy atom. The Bertz CT molecular complexity index is 889. The average Bonchev–Trinajstić information content (AvgIpc) is 2.70. The van der Waals surface area contributed by atoms with Crippen molar-refractivity contribution in [3.63, 3.8) is 0 Å². The van der Waals surface area contributed by atoms with Crippen molar-refractivity contribution in [2.24, 2.45) is 0 Å². The third kappa shape index (κ3) is 4.66. The molecule has 2 aromatic carbocycles. The van der Waals surface area contributed by atoms with Crippen molar-refractivity contribution in [1.82, 2.24) is 10.3 Å². The molecule has 1 aromatic heterocycles. The first kappa shape index (κ1) is 17.6. The van der Waals surface area contributed by atoms with Gasteiger partial charge in [0.05, 0.1) is 0 Å². The quantitative estimate of drug-likeness (QED) is 0.526. The lowest BCUT2D eigenvalue weighted by molar-refractivity contribution is -0.124. The predicted molar refractivity (Wildman–Crippen MR) is 99.8 cm³/mol. The Balaban J connectivity index is 1.44. The summed E-state index contributed by atoms with van der Waals surface area (Å²) in [6, 6.07) is 19.3. The third-order valence-corrected chi connectivity index (χ3v) is 4.01. The maximum Gasteiger partial charge on any atom is 0.358 e. The molecule has 0 radical (unpaired) electrons. The summed E-state index contributed by atoms with van der Waals surface area (Å²) >= 11 is 0. The predicted octanol–water partition coefficient (Wildman–Crippen LogP) is 3.14. The fourth-order valence-corrected chi connectivity index (χ4v) is 2.70. The van der Waals surface area contributed by atoms with E-state index in [2.05, 4.69) is 22.4 Å². The zero-order valence-corrected chi connectivity index (χ0v) is 14.4. The molecule has 0 atom stereocenters. The van der Waals surface area contributed by atoms with E-state index in [1.165, 1.54) is 5.56 Å². The molecule has 1 heterocycles. The number of aromatic nitrogens is 1. The van der Waals surface area contributed by atoms with Crippen LogP contribution in [0.5, 0.6) is 0 Å². The number of carbonyl (C=O) groups is 2. The molecular weight excluding hydrogens is 328 g/mol. The molecule has 0 unspecified atom stereocenters. The van der Waals surface area contributed by atoms with Crippen LogP contribution in [0.3, 0.4) is 0 Å². The first-order valence-corrected chi connectivity index (χ1v) is 8.55. The van der Waals surface area contributed by atoms with Gasteiger partial charge in [0.15, 0.2) is 12.3 Å². The van der Waals surface area contributed by atoms with Gasteiger partial charge in [-0.2, -0.15) is 0 Å². The number of nitrogens with zero attached hydrogens (tertiary/aromatic N) is 1. The molecule has 0 spiro atoms. The van der Waals surface area contributed by atoms with E-state index in [1.54, 1.807) is 6.20 Å². The van der Waals surface area contributed by atoms with Crippen LogP contribution in [0.1, 0.15) is 22.5 Å². The Kier molecular flexibility index (Phi) is 5.93. The number of fused-ring (bicyclic) bond motifs is 1. The van der Waals surface area contributed by atoms with Crippen molar-refractivity contribution < 1.29 is 14.3 Å². The van der Waals surface area contributed by atoms with E-state index in [9.17, 15) is 9.59 Å². The van der Waals surface area contributed by atoms with Crippen molar-refractivity contribution in [3.8, 4) is 0 Å². The molecule has 0 bridgehead atoms. The van der Waals surface area contributed by atoms with E-state index in [1.807, 2.05) is 48.5 Å². The van der Waals surface area contributed by atoms with Gasteiger partial charge in [-0.15, -0.1) is 0 Å². The number of rotatable bonds is 7. The molecule has 26 heavy (non-hydrogen) atoms. The molecule has 1 amide bonds. The standard InChI is InChI=1S/C21H20N2O3/c24-19(22-13-6-9-16-7-2-1-3-8-16)15-26-21(25)20-18-11-5-4-10-17(18)12-14-23-20/h1-5,7-8,10-12,14H,6,9,13,15H2,(H,22,24).